The molecule has 2 amide bonds. The van der Waals surface area contributed by atoms with Crippen LogP contribution in [0.2, 0.25) is 0 Å². The number of rotatable bonds is 9. The van der Waals surface area contributed by atoms with Crippen molar-refractivity contribution >= 4 is 29.1 Å². The van der Waals surface area contributed by atoms with Crippen molar-refractivity contribution < 1.29 is 23.5 Å². The minimum absolute atomic E-state index is 0.250. The summed E-state index contributed by atoms with van der Waals surface area (Å²) in [4.78, 5) is 27.8. The van der Waals surface area contributed by atoms with E-state index in [-0.39, 0.29) is 11.8 Å². The zero-order valence-corrected chi connectivity index (χ0v) is 17.0. The summed E-state index contributed by atoms with van der Waals surface area (Å²) in [7, 11) is 3.09. The number of nitrogens with zero attached hydrogens (tertiary/aromatic N) is 1. The Morgan fingerprint density at radius 2 is 1.86 bits per heavy atom. The molecule has 0 saturated carbocycles. The maximum Gasteiger partial charge on any atom is 0.267 e. The minimum atomic E-state index is -0.271. The molecule has 28 heavy (non-hydrogen) atoms. The second-order valence-electron chi connectivity index (χ2n) is 6.26. The molecule has 0 radical (unpaired) electrons. The van der Waals surface area contributed by atoms with Crippen LogP contribution in [0.5, 0.6) is 11.5 Å². The van der Waals surface area contributed by atoms with E-state index in [9.17, 15) is 9.59 Å². The Morgan fingerprint density at radius 1 is 1.07 bits per heavy atom. The van der Waals surface area contributed by atoms with Crippen molar-refractivity contribution in [1.82, 2.24) is 4.90 Å². The first-order valence-electron chi connectivity index (χ1n) is 9.08. The minimum Gasteiger partial charge on any atom is -0.493 e. The summed E-state index contributed by atoms with van der Waals surface area (Å²) in [5.41, 5.74) is 1.04. The molecule has 2 aromatic rings. The van der Waals surface area contributed by atoms with Crippen LogP contribution < -0.4 is 9.47 Å². The molecule has 3 rings (SSSR count). The first-order chi connectivity index (χ1) is 13.6. The fourth-order valence-corrected chi connectivity index (χ4v) is 4.03. The molecule has 2 heterocycles. The van der Waals surface area contributed by atoms with E-state index in [2.05, 4.69) is 0 Å². The van der Waals surface area contributed by atoms with Crippen LogP contribution >= 0.6 is 11.8 Å². The number of carbonyl (C=O) groups excluding carboxylic acids is 2. The second-order valence-corrected chi connectivity index (χ2v) is 7.24. The molecule has 148 valence electrons. The van der Waals surface area contributed by atoms with Gasteiger partial charge in [0.15, 0.2) is 11.5 Å². The summed E-state index contributed by atoms with van der Waals surface area (Å²) in [6.45, 7) is 2.44. The van der Waals surface area contributed by atoms with Crippen molar-refractivity contribution in [2.45, 2.75) is 25.5 Å². The lowest BCUT2D eigenvalue weighted by Gasteiger charge is -2.14. The van der Waals surface area contributed by atoms with Gasteiger partial charge in [-0.3, -0.25) is 14.5 Å². The molecule has 0 saturated heterocycles. The van der Waals surface area contributed by atoms with Crippen molar-refractivity contribution in [3.8, 4) is 11.5 Å². The number of hydrogen-bond acceptors (Lipinski definition) is 6. The SMILES string of the molecule is CCCCN1C(=O)C(SCc2ccco2)=C(c2ccc(OC)c(OC)c2)C1=O. The third-order valence-corrected chi connectivity index (χ3v) is 5.57. The Bertz CT molecular complexity index is 888. The first kappa shape index (κ1) is 20.1. The highest BCUT2D eigenvalue weighted by molar-refractivity contribution is 8.03. The highest BCUT2D eigenvalue weighted by Crippen LogP contribution is 2.40. The highest BCUT2D eigenvalue weighted by atomic mass is 32.2. The molecule has 1 aliphatic heterocycles. The summed E-state index contributed by atoms with van der Waals surface area (Å²) < 4.78 is 16.0. The molecule has 1 aromatic carbocycles. The third-order valence-electron chi connectivity index (χ3n) is 4.47. The lowest BCUT2D eigenvalue weighted by atomic mass is 10.1. The molecule has 6 nitrogen and oxygen atoms in total. The van der Waals surface area contributed by atoms with E-state index in [1.165, 1.54) is 23.8 Å². The van der Waals surface area contributed by atoms with Gasteiger partial charge in [0.2, 0.25) is 0 Å². The van der Waals surface area contributed by atoms with Gasteiger partial charge in [-0.2, -0.15) is 0 Å². The molecule has 1 aliphatic rings. The van der Waals surface area contributed by atoms with Crippen LogP contribution in [0, 0.1) is 0 Å². The number of carbonyl (C=O) groups is 2. The van der Waals surface area contributed by atoms with Crippen molar-refractivity contribution in [3.63, 3.8) is 0 Å². The number of methoxy groups -OCH3 is 2. The lowest BCUT2D eigenvalue weighted by molar-refractivity contribution is -0.136. The summed E-state index contributed by atoms with van der Waals surface area (Å²) in [6.07, 6.45) is 3.26. The van der Waals surface area contributed by atoms with E-state index in [1.807, 2.05) is 13.0 Å². The normalized spacial score (nSPS) is 14.2. The first-order valence-corrected chi connectivity index (χ1v) is 10.1. The van der Waals surface area contributed by atoms with E-state index in [0.717, 1.165) is 18.6 Å². The van der Waals surface area contributed by atoms with Gasteiger partial charge in [0.25, 0.3) is 11.8 Å². The second kappa shape index (κ2) is 9.01. The average molecular weight is 401 g/mol. The topological polar surface area (TPSA) is 69.0 Å². The predicted molar refractivity (Wildman–Crippen MR) is 108 cm³/mol. The highest BCUT2D eigenvalue weighted by Gasteiger charge is 2.39. The van der Waals surface area contributed by atoms with Gasteiger partial charge in [-0.15, -0.1) is 11.8 Å². The molecule has 0 atom stereocenters. The van der Waals surface area contributed by atoms with Crippen LogP contribution in [0.3, 0.4) is 0 Å². The quantitative estimate of drug-likeness (QED) is 0.589. The number of unbranched alkanes of at least 4 members (excludes halogenated alkanes) is 1. The number of hydrogen-bond donors (Lipinski definition) is 0. The number of benzene rings is 1. The van der Waals surface area contributed by atoms with E-state index in [4.69, 9.17) is 13.9 Å². The van der Waals surface area contributed by atoms with E-state index in [1.54, 1.807) is 37.6 Å². The molecule has 0 fully saturated rings. The average Bonchev–Trinajstić information content (AvgIpc) is 3.31. The number of ether oxygens (including phenoxy) is 2. The molecule has 0 N–H and O–H groups in total. The lowest BCUT2D eigenvalue weighted by Crippen LogP contribution is -2.32. The molecule has 0 spiro atoms. The van der Waals surface area contributed by atoms with Crippen LogP contribution in [0.4, 0.5) is 0 Å². The molecular formula is C21H23NO5S. The van der Waals surface area contributed by atoms with Gasteiger partial charge in [-0.05, 0) is 36.2 Å². The van der Waals surface area contributed by atoms with Crippen molar-refractivity contribution in [1.29, 1.82) is 0 Å². The van der Waals surface area contributed by atoms with Gasteiger partial charge in [-0.25, -0.2) is 0 Å². The van der Waals surface area contributed by atoms with Crippen LogP contribution in [-0.4, -0.2) is 37.5 Å². The van der Waals surface area contributed by atoms with Crippen molar-refractivity contribution in [2.75, 3.05) is 20.8 Å². The van der Waals surface area contributed by atoms with Gasteiger partial charge < -0.3 is 13.9 Å². The Morgan fingerprint density at radius 3 is 2.50 bits per heavy atom. The third kappa shape index (κ3) is 3.94. The monoisotopic (exact) mass is 401 g/mol. The standard InChI is InChI=1S/C21H23NO5S/c1-4-5-10-22-20(23)18(14-8-9-16(25-2)17(12-14)26-3)19(21(22)24)28-13-15-7-6-11-27-15/h6-9,11-12H,4-5,10,13H2,1-3H3. The molecule has 7 heteroatoms. The molecule has 0 bridgehead atoms. The van der Waals surface area contributed by atoms with E-state index >= 15 is 0 Å². The Hall–Kier alpha value is -2.67. The van der Waals surface area contributed by atoms with Crippen molar-refractivity contribution in [2.24, 2.45) is 0 Å². The number of amides is 2. The van der Waals surface area contributed by atoms with Gasteiger partial charge in [0.05, 0.1) is 36.7 Å². The zero-order valence-electron chi connectivity index (χ0n) is 16.2. The smallest absolute Gasteiger partial charge is 0.267 e. The Balaban J connectivity index is 1.99. The summed E-state index contributed by atoms with van der Waals surface area (Å²) in [5.74, 6) is 1.77. The largest absolute Gasteiger partial charge is 0.493 e. The van der Waals surface area contributed by atoms with Crippen LogP contribution in [0.25, 0.3) is 5.57 Å². The summed E-state index contributed by atoms with van der Waals surface area (Å²) in [6, 6.07) is 8.89. The van der Waals surface area contributed by atoms with Crippen LogP contribution in [0.1, 0.15) is 31.1 Å². The Kier molecular flexibility index (Phi) is 6.46. The maximum atomic E-state index is 13.1. The van der Waals surface area contributed by atoms with Gasteiger partial charge in [0.1, 0.15) is 5.76 Å². The van der Waals surface area contributed by atoms with E-state index in [0.29, 0.717) is 39.8 Å². The van der Waals surface area contributed by atoms with E-state index < -0.39 is 0 Å². The predicted octanol–water partition coefficient (Wildman–Crippen LogP) is 4.11. The number of furan rings is 1. The van der Waals surface area contributed by atoms with Crippen LogP contribution in [0.15, 0.2) is 45.9 Å². The van der Waals surface area contributed by atoms with Gasteiger partial charge in [0, 0.05) is 6.54 Å². The summed E-state index contributed by atoms with van der Waals surface area (Å²) >= 11 is 1.32. The van der Waals surface area contributed by atoms with Gasteiger partial charge in [-0.1, -0.05) is 19.4 Å². The molecule has 0 unspecified atom stereocenters. The summed E-state index contributed by atoms with van der Waals surface area (Å²) in [5, 5.41) is 0. The van der Waals surface area contributed by atoms with Crippen LogP contribution in [-0.2, 0) is 15.3 Å². The fourth-order valence-electron chi connectivity index (χ4n) is 2.99. The molecule has 0 aliphatic carbocycles. The zero-order chi connectivity index (χ0) is 20.1. The van der Waals surface area contributed by atoms with Crippen molar-refractivity contribution in [3.05, 3.63) is 52.8 Å². The van der Waals surface area contributed by atoms with Gasteiger partial charge >= 0.3 is 0 Å². The number of imide groups is 1. The molecule has 1 aromatic heterocycles. The fraction of sp³-hybridized carbons (Fsp3) is 0.333. The Labute approximate surface area is 168 Å². The number of thioether (sulfide) groups is 1. The maximum absolute atomic E-state index is 13.1. The molecular weight excluding hydrogens is 378 g/mol.